The molecule has 0 atom stereocenters. The molecule has 0 aliphatic rings. The van der Waals surface area contributed by atoms with Crippen LogP contribution in [0.1, 0.15) is 65.1 Å². The van der Waals surface area contributed by atoms with Crippen molar-refractivity contribution in [3.63, 3.8) is 0 Å². The number of rotatable bonds is 8. The van der Waals surface area contributed by atoms with Crippen molar-refractivity contribution in [1.29, 1.82) is 0 Å². The van der Waals surface area contributed by atoms with E-state index in [1.807, 2.05) is 6.20 Å². The Morgan fingerprint density at radius 1 is 1.28 bits per heavy atom. The zero-order chi connectivity index (χ0) is 13.6. The van der Waals surface area contributed by atoms with Crippen LogP contribution in [-0.4, -0.2) is 14.9 Å². The van der Waals surface area contributed by atoms with E-state index >= 15 is 0 Å². The highest BCUT2D eigenvalue weighted by molar-refractivity contribution is 9.09. The van der Waals surface area contributed by atoms with Gasteiger partial charge in [-0.25, -0.2) is 4.98 Å². The van der Waals surface area contributed by atoms with E-state index in [2.05, 4.69) is 59.4 Å². The van der Waals surface area contributed by atoms with Gasteiger partial charge in [0.2, 0.25) is 0 Å². The van der Waals surface area contributed by atoms with Gasteiger partial charge in [0.1, 0.15) is 5.82 Å². The maximum Gasteiger partial charge on any atom is 0.111 e. The van der Waals surface area contributed by atoms with Crippen LogP contribution in [0.3, 0.4) is 0 Å². The summed E-state index contributed by atoms with van der Waals surface area (Å²) in [6.07, 6.45) is 9.13. The molecule has 1 aromatic heterocycles. The van der Waals surface area contributed by atoms with E-state index in [1.165, 1.54) is 31.5 Å². The molecule has 0 aliphatic heterocycles. The molecule has 0 aliphatic carbocycles. The van der Waals surface area contributed by atoms with Crippen LogP contribution in [0.5, 0.6) is 0 Å². The molecule has 0 amide bonds. The first-order valence-corrected chi connectivity index (χ1v) is 8.27. The van der Waals surface area contributed by atoms with Gasteiger partial charge in [0.15, 0.2) is 0 Å². The van der Waals surface area contributed by atoms with Gasteiger partial charge in [-0.15, -0.1) is 0 Å². The summed E-state index contributed by atoms with van der Waals surface area (Å²) in [4.78, 5) is 4.50. The molecule has 0 radical (unpaired) electrons. The van der Waals surface area contributed by atoms with Crippen molar-refractivity contribution in [2.75, 3.05) is 5.33 Å². The molecule has 104 valence electrons. The number of hydrogen-bond acceptors (Lipinski definition) is 1. The molecular weight excluding hydrogens is 288 g/mol. The number of halogens is 1. The fourth-order valence-corrected chi connectivity index (χ4v) is 3.57. The van der Waals surface area contributed by atoms with Gasteiger partial charge in [-0.05, 0) is 18.3 Å². The third-order valence-electron chi connectivity index (χ3n) is 3.61. The number of aromatic nitrogens is 2. The largest absolute Gasteiger partial charge is 0.334 e. The van der Waals surface area contributed by atoms with Gasteiger partial charge in [0, 0.05) is 30.2 Å². The van der Waals surface area contributed by atoms with Crippen LogP contribution in [0, 0.1) is 5.41 Å². The molecule has 2 nitrogen and oxygen atoms in total. The second-order valence-electron chi connectivity index (χ2n) is 5.70. The van der Waals surface area contributed by atoms with Crippen LogP contribution in [0.4, 0.5) is 0 Å². The molecule has 1 rings (SSSR count). The monoisotopic (exact) mass is 314 g/mol. The Balaban J connectivity index is 2.91. The lowest BCUT2D eigenvalue weighted by Crippen LogP contribution is -2.29. The topological polar surface area (TPSA) is 17.8 Å². The Morgan fingerprint density at radius 2 is 1.89 bits per heavy atom. The highest BCUT2D eigenvalue weighted by atomic mass is 79.9. The second-order valence-corrected chi connectivity index (χ2v) is 6.26. The zero-order valence-corrected chi connectivity index (χ0v) is 13.8. The van der Waals surface area contributed by atoms with Crippen molar-refractivity contribution in [2.45, 2.75) is 65.8 Å². The molecule has 0 saturated heterocycles. The van der Waals surface area contributed by atoms with Gasteiger partial charge < -0.3 is 4.57 Å². The third-order valence-corrected chi connectivity index (χ3v) is 4.80. The van der Waals surface area contributed by atoms with Crippen molar-refractivity contribution in [1.82, 2.24) is 9.55 Å². The van der Waals surface area contributed by atoms with Gasteiger partial charge in [-0.2, -0.15) is 0 Å². The van der Waals surface area contributed by atoms with E-state index in [4.69, 9.17) is 0 Å². The first-order valence-electron chi connectivity index (χ1n) is 7.15. The van der Waals surface area contributed by atoms with Crippen LogP contribution >= 0.6 is 15.9 Å². The molecule has 0 bridgehead atoms. The SMILES string of the molecule is CCCC(CBr)(CCC)Cn1ccnc1C(C)C. The first kappa shape index (κ1) is 15.7. The van der Waals surface area contributed by atoms with E-state index < -0.39 is 0 Å². The molecule has 0 unspecified atom stereocenters. The summed E-state index contributed by atoms with van der Waals surface area (Å²) < 4.78 is 2.36. The lowest BCUT2D eigenvalue weighted by molar-refractivity contribution is 0.229. The molecule has 1 heterocycles. The molecule has 0 N–H and O–H groups in total. The molecule has 0 aromatic carbocycles. The van der Waals surface area contributed by atoms with E-state index in [-0.39, 0.29) is 0 Å². The summed E-state index contributed by atoms with van der Waals surface area (Å²) in [6.45, 7) is 10.1. The van der Waals surface area contributed by atoms with Crippen LogP contribution in [-0.2, 0) is 6.54 Å². The summed E-state index contributed by atoms with van der Waals surface area (Å²) in [5.74, 6) is 1.71. The Kier molecular flexibility index (Phi) is 6.40. The predicted molar refractivity (Wildman–Crippen MR) is 82.4 cm³/mol. The van der Waals surface area contributed by atoms with Gasteiger partial charge >= 0.3 is 0 Å². The molecular formula is C15H27BrN2. The smallest absolute Gasteiger partial charge is 0.111 e. The number of imidazole rings is 1. The second kappa shape index (κ2) is 7.32. The third kappa shape index (κ3) is 3.84. The Labute approximate surface area is 120 Å². The molecule has 0 fully saturated rings. The van der Waals surface area contributed by atoms with Gasteiger partial charge in [0.25, 0.3) is 0 Å². The average molecular weight is 315 g/mol. The van der Waals surface area contributed by atoms with E-state index in [0.717, 1.165) is 11.9 Å². The quantitative estimate of drug-likeness (QED) is 0.618. The highest BCUT2D eigenvalue weighted by Gasteiger charge is 2.28. The minimum absolute atomic E-state index is 0.383. The molecule has 0 saturated carbocycles. The first-order chi connectivity index (χ1) is 8.58. The van der Waals surface area contributed by atoms with Crippen molar-refractivity contribution < 1.29 is 0 Å². The Morgan fingerprint density at radius 3 is 2.33 bits per heavy atom. The van der Waals surface area contributed by atoms with Crippen LogP contribution < -0.4 is 0 Å². The fourth-order valence-electron chi connectivity index (χ4n) is 2.84. The van der Waals surface area contributed by atoms with Crippen LogP contribution in [0.2, 0.25) is 0 Å². The fraction of sp³-hybridized carbons (Fsp3) is 0.800. The minimum Gasteiger partial charge on any atom is -0.334 e. The van der Waals surface area contributed by atoms with Crippen LogP contribution in [0.25, 0.3) is 0 Å². The molecule has 1 aromatic rings. The lowest BCUT2D eigenvalue weighted by Gasteiger charge is -2.33. The summed E-state index contributed by atoms with van der Waals surface area (Å²) in [5.41, 5.74) is 0.383. The van der Waals surface area contributed by atoms with Crippen molar-refractivity contribution in [3.8, 4) is 0 Å². The van der Waals surface area contributed by atoms with Crippen LogP contribution in [0.15, 0.2) is 12.4 Å². The van der Waals surface area contributed by atoms with Gasteiger partial charge in [0.05, 0.1) is 0 Å². The van der Waals surface area contributed by atoms with E-state index in [9.17, 15) is 0 Å². The van der Waals surface area contributed by atoms with E-state index in [0.29, 0.717) is 11.3 Å². The summed E-state index contributed by atoms with van der Waals surface area (Å²) in [5, 5.41) is 1.08. The number of nitrogens with zero attached hydrogens (tertiary/aromatic N) is 2. The molecule has 3 heteroatoms. The standard InChI is InChI=1S/C15H27BrN2/c1-5-7-15(11-16,8-6-2)12-18-10-9-17-14(18)13(3)4/h9-10,13H,5-8,11-12H2,1-4H3. The Bertz CT molecular complexity index is 338. The maximum absolute atomic E-state index is 4.50. The average Bonchev–Trinajstić information content (AvgIpc) is 2.77. The summed E-state index contributed by atoms with van der Waals surface area (Å²) in [6, 6.07) is 0. The normalized spacial score (nSPS) is 12.3. The lowest BCUT2D eigenvalue weighted by atomic mass is 9.81. The minimum atomic E-state index is 0.383. The van der Waals surface area contributed by atoms with Crippen molar-refractivity contribution in [3.05, 3.63) is 18.2 Å². The maximum atomic E-state index is 4.50. The number of alkyl halides is 1. The van der Waals surface area contributed by atoms with Crippen molar-refractivity contribution >= 4 is 15.9 Å². The highest BCUT2D eigenvalue weighted by Crippen LogP contribution is 2.34. The van der Waals surface area contributed by atoms with Crippen molar-refractivity contribution in [2.24, 2.45) is 5.41 Å². The van der Waals surface area contributed by atoms with Gasteiger partial charge in [-0.3, -0.25) is 0 Å². The van der Waals surface area contributed by atoms with E-state index in [1.54, 1.807) is 0 Å². The summed E-state index contributed by atoms with van der Waals surface area (Å²) in [7, 11) is 0. The molecule has 0 spiro atoms. The number of hydrogen-bond donors (Lipinski definition) is 0. The molecule has 18 heavy (non-hydrogen) atoms. The Hall–Kier alpha value is -0.310. The van der Waals surface area contributed by atoms with Gasteiger partial charge in [-0.1, -0.05) is 56.5 Å². The zero-order valence-electron chi connectivity index (χ0n) is 12.2. The summed E-state index contributed by atoms with van der Waals surface area (Å²) >= 11 is 3.75. The predicted octanol–water partition coefficient (Wildman–Crippen LogP) is 4.99.